The van der Waals surface area contributed by atoms with Crippen molar-refractivity contribution in [3.63, 3.8) is 0 Å². The van der Waals surface area contributed by atoms with Gasteiger partial charge in [0.25, 0.3) is 11.4 Å². The lowest BCUT2D eigenvalue weighted by molar-refractivity contribution is 0.590. The van der Waals surface area contributed by atoms with Gasteiger partial charge in [-0.3, -0.25) is 0 Å². The minimum absolute atomic E-state index is 0.0235. The van der Waals surface area contributed by atoms with E-state index in [0.717, 1.165) is 10.4 Å². The van der Waals surface area contributed by atoms with Crippen molar-refractivity contribution in [1.82, 2.24) is 0 Å². The fraction of sp³-hybridized carbons (Fsp3) is 0.158. The zero-order valence-electron chi connectivity index (χ0n) is 27.1. The second-order valence-electron chi connectivity index (χ2n) is 13.4. The molecule has 0 spiro atoms. The van der Waals surface area contributed by atoms with Gasteiger partial charge in [0.15, 0.2) is 0 Å². The summed E-state index contributed by atoms with van der Waals surface area (Å²) < 4.78 is 34.5. The summed E-state index contributed by atoms with van der Waals surface area (Å²) in [6, 6.07) is 19.9. The SMILES string of the molecule is [C-]#[N+]C1=C(c2ccc([Si](C)(C)C)cc2)/C(=C(/C#N)[N+]#[C-])c2c(F)c3c(c(F)c21)C(C#N)=C(c1ccc([Si](C)(C)C)cc1)/C3=C(\C#N)[N+]#[C-]. The molecule has 0 radical (unpaired) electrons. The van der Waals surface area contributed by atoms with Gasteiger partial charge < -0.3 is 0 Å². The third-order valence-corrected chi connectivity index (χ3v) is 12.7. The monoisotopic (exact) mass is 660 g/mol. The lowest BCUT2D eigenvalue weighted by Gasteiger charge is -2.18. The largest absolute Gasteiger partial charge is 0.270 e. The smallest absolute Gasteiger partial charge is 0.237 e. The van der Waals surface area contributed by atoms with Gasteiger partial charge in [-0.25, -0.2) is 33.8 Å². The molecule has 6 nitrogen and oxygen atoms in total. The number of nitrogens with zero attached hydrogens (tertiary/aromatic N) is 6. The molecule has 0 fully saturated rings. The summed E-state index contributed by atoms with van der Waals surface area (Å²) in [6.45, 7) is 36.5. The van der Waals surface area contributed by atoms with Gasteiger partial charge in [-0.15, -0.1) is 0 Å². The molecule has 0 N–H and O–H groups in total. The zero-order valence-corrected chi connectivity index (χ0v) is 29.1. The summed E-state index contributed by atoms with van der Waals surface area (Å²) in [5, 5.41) is 32.7. The molecule has 5 rings (SSSR count). The molecule has 3 aromatic carbocycles. The Kier molecular flexibility index (Phi) is 8.23. The van der Waals surface area contributed by atoms with E-state index in [1.54, 1.807) is 36.4 Å². The predicted molar refractivity (Wildman–Crippen MR) is 189 cm³/mol. The highest BCUT2D eigenvalue weighted by Crippen LogP contribution is 2.57. The molecule has 48 heavy (non-hydrogen) atoms. The van der Waals surface area contributed by atoms with Crippen molar-refractivity contribution in [3.05, 3.63) is 139 Å². The van der Waals surface area contributed by atoms with Crippen LogP contribution in [0, 0.1) is 65.3 Å². The number of hydrogen-bond donors (Lipinski definition) is 0. The molecule has 3 aromatic rings. The fourth-order valence-corrected chi connectivity index (χ4v) is 8.51. The Labute approximate surface area is 280 Å². The van der Waals surface area contributed by atoms with E-state index in [1.807, 2.05) is 30.3 Å². The molecule has 0 unspecified atom stereocenters. The molecule has 0 atom stereocenters. The molecule has 0 aromatic heterocycles. The first-order chi connectivity index (χ1) is 22.7. The molecule has 0 amide bonds. The number of fused-ring (bicyclic) bond motifs is 2. The summed E-state index contributed by atoms with van der Waals surface area (Å²) in [5.74, 6) is -2.23. The van der Waals surface area contributed by atoms with Crippen LogP contribution in [0.4, 0.5) is 8.78 Å². The highest BCUT2D eigenvalue weighted by molar-refractivity contribution is 6.89. The Bertz CT molecular complexity index is 2160. The van der Waals surface area contributed by atoms with Crippen LogP contribution in [0.3, 0.4) is 0 Å². The molecule has 2 aliphatic carbocycles. The Morgan fingerprint density at radius 1 is 0.604 bits per heavy atom. The summed E-state index contributed by atoms with van der Waals surface area (Å²) in [5.41, 5.74) is -3.30. The molecule has 0 heterocycles. The van der Waals surface area contributed by atoms with E-state index in [4.69, 9.17) is 19.7 Å². The Morgan fingerprint density at radius 3 is 1.38 bits per heavy atom. The molecule has 2 aliphatic rings. The molecular weight excluding hydrogens is 635 g/mol. The van der Waals surface area contributed by atoms with Crippen molar-refractivity contribution < 1.29 is 8.78 Å². The van der Waals surface area contributed by atoms with Gasteiger partial charge in [0.1, 0.15) is 17.7 Å². The number of hydrogen-bond acceptors (Lipinski definition) is 3. The Morgan fingerprint density at radius 2 is 1.00 bits per heavy atom. The van der Waals surface area contributed by atoms with Crippen molar-refractivity contribution in [2.45, 2.75) is 39.3 Å². The number of allylic oxidation sites excluding steroid dienone is 7. The van der Waals surface area contributed by atoms with Gasteiger partial charge in [-0.1, -0.05) is 98.2 Å². The molecule has 0 saturated heterocycles. The van der Waals surface area contributed by atoms with E-state index in [0.29, 0.717) is 11.1 Å². The highest BCUT2D eigenvalue weighted by atomic mass is 28.3. The molecule has 10 heteroatoms. The average molecular weight is 661 g/mol. The van der Waals surface area contributed by atoms with Gasteiger partial charge in [0.2, 0.25) is 5.70 Å². The predicted octanol–water partition coefficient (Wildman–Crippen LogP) is 8.61. The van der Waals surface area contributed by atoms with Crippen LogP contribution in [-0.4, -0.2) is 16.1 Å². The average Bonchev–Trinajstić information content (AvgIpc) is 3.59. The first kappa shape index (κ1) is 33.2. The number of benzene rings is 3. The summed E-state index contributed by atoms with van der Waals surface area (Å²) in [4.78, 5) is 10.3. The van der Waals surface area contributed by atoms with Crippen LogP contribution < -0.4 is 10.4 Å². The van der Waals surface area contributed by atoms with Crippen LogP contribution in [0.25, 0.3) is 48.1 Å². The Balaban J connectivity index is 1.95. The van der Waals surface area contributed by atoms with Crippen LogP contribution in [0.1, 0.15) is 33.4 Å². The van der Waals surface area contributed by atoms with Crippen molar-refractivity contribution in [1.29, 1.82) is 15.8 Å². The van der Waals surface area contributed by atoms with E-state index in [2.05, 4.69) is 53.8 Å². The third kappa shape index (κ3) is 4.99. The summed E-state index contributed by atoms with van der Waals surface area (Å²) >= 11 is 0. The molecule has 230 valence electrons. The quantitative estimate of drug-likeness (QED) is 0.160. The first-order valence-corrected chi connectivity index (χ1v) is 21.8. The second kappa shape index (κ2) is 11.9. The van der Waals surface area contributed by atoms with E-state index < -0.39 is 61.4 Å². The van der Waals surface area contributed by atoms with E-state index >= 15 is 8.78 Å². The number of rotatable bonds is 4. The lowest BCUT2D eigenvalue weighted by Crippen LogP contribution is -2.37. The van der Waals surface area contributed by atoms with Crippen molar-refractivity contribution in [2.75, 3.05) is 0 Å². The highest BCUT2D eigenvalue weighted by Gasteiger charge is 2.43. The van der Waals surface area contributed by atoms with Crippen LogP contribution in [0.15, 0.2) is 59.9 Å². The third-order valence-electron chi connectivity index (χ3n) is 8.56. The van der Waals surface area contributed by atoms with Crippen molar-refractivity contribution in [2.24, 2.45) is 0 Å². The normalized spacial score (nSPS) is 15.7. The van der Waals surface area contributed by atoms with Crippen LogP contribution in [-0.2, 0) is 0 Å². The zero-order chi connectivity index (χ0) is 35.3. The second-order valence-corrected chi connectivity index (χ2v) is 23.5. The molecule has 0 saturated carbocycles. The van der Waals surface area contributed by atoms with Gasteiger partial charge in [-0.05, 0) is 27.8 Å². The maximum atomic E-state index is 17.3. The van der Waals surface area contributed by atoms with Crippen molar-refractivity contribution >= 4 is 60.1 Å². The standard InChI is InChI=1S/C38H26F2N6Si2/c1-44-26(19-42)31-28(21-10-14-23(15-11-21)47(4,5)6)25(18-41)30-33(31)37(40)34-32(27(20-43)45-2)29(38(46-3)35(34)36(30)39)22-12-16-24(17-13-22)48(7,8)9/h10-17H,4-9H3/b31-26-,32-27+. The Hall–Kier alpha value is -6.15. The molecule has 0 aliphatic heterocycles. The lowest BCUT2D eigenvalue weighted by atomic mass is 9.90. The van der Waals surface area contributed by atoms with Gasteiger partial charge in [0, 0.05) is 27.8 Å². The van der Waals surface area contributed by atoms with Crippen molar-refractivity contribution in [3.8, 4) is 18.2 Å². The topological polar surface area (TPSA) is 84.5 Å². The number of nitriles is 3. The minimum Gasteiger partial charge on any atom is -0.237 e. The molecular formula is C38H26F2N6Si2. The van der Waals surface area contributed by atoms with Crippen LogP contribution >= 0.6 is 0 Å². The summed E-state index contributed by atoms with van der Waals surface area (Å²) in [6.07, 6.45) is 0. The maximum absolute atomic E-state index is 17.3. The van der Waals surface area contributed by atoms with Gasteiger partial charge in [0.05, 0.1) is 53.6 Å². The summed E-state index contributed by atoms with van der Waals surface area (Å²) in [7, 11) is -3.50. The van der Waals surface area contributed by atoms with E-state index in [9.17, 15) is 15.8 Å². The maximum Gasteiger partial charge on any atom is 0.270 e. The van der Waals surface area contributed by atoms with E-state index in [-0.39, 0.29) is 33.6 Å². The van der Waals surface area contributed by atoms with Crippen LogP contribution in [0.2, 0.25) is 39.3 Å². The van der Waals surface area contributed by atoms with Gasteiger partial charge in [-0.2, -0.15) is 5.26 Å². The molecule has 0 bridgehead atoms. The van der Waals surface area contributed by atoms with Crippen LogP contribution in [0.5, 0.6) is 0 Å². The van der Waals surface area contributed by atoms with Gasteiger partial charge >= 0.3 is 0 Å². The number of halogens is 2. The first-order valence-electron chi connectivity index (χ1n) is 14.8. The fourth-order valence-electron chi connectivity index (χ4n) is 6.17. The minimum atomic E-state index is -1.75. The van der Waals surface area contributed by atoms with E-state index in [1.165, 1.54) is 0 Å².